The first-order valence-corrected chi connectivity index (χ1v) is 11.3. The SMILES string of the molecule is CCN(CC)C(=O)C1CCN(C(=O)C2CC(=O)N(c3ccc(Br)c(C)c3)C2)CC1. The van der Waals surface area contributed by atoms with Crippen LogP contribution in [-0.4, -0.2) is 60.2 Å². The summed E-state index contributed by atoms with van der Waals surface area (Å²) in [5.74, 6) is -0.0529. The van der Waals surface area contributed by atoms with Crippen molar-refractivity contribution >= 4 is 39.3 Å². The van der Waals surface area contributed by atoms with Gasteiger partial charge >= 0.3 is 0 Å². The van der Waals surface area contributed by atoms with E-state index in [1.165, 1.54) is 0 Å². The lowest BCUT2D eigenvalue weighted by atomic mass is 9.94. The van der Waals surface area contributed by atoms with Crippen molar-refractivity contribution in [3.05, 3.63) is 28.2 Å². The number of amides is 3. The van der Waals surface area contributed by atoms with Gasteiger partial charge in [0.1, 0.15) is 0 Å². The Kier molecular flexibility index (Phi) is 6.98. The van der Waals surface area contributed by atoms with Crippen molar-refractivity contribution in [2.45, 2.75) is 40.0 Å². The number of piperidine rings is 1. The van der Waals surface area contributed by atoms with E-state index >= 15 is 0 Å². The summed E-state index contributed by atoms with van der Waals surface area (Å²) in [6, 6.07) is 5.82. The van der Waals surface area contributed by atoms with E-state index in [9.17, 15) is 14.4 Å². The number of carbonyl (C=O) groups is 3. The Morgan fingerprint density at radius 1 is 1.14 bits per heavy atom. The number of halogens is 1. The quantitative estimate of drug-likeness (QED) is 0.673. The molecule has 7 heteroatoms. The molecule has 0 saturated carbocycles. The molecule has 2 heterocycles. The van der Waals surface area contributed by atoms with Crippen molar-refractivity contribution in [2.75, 3.05) is 37.6 Å². The minimum Gasteiger partial charge on any atom is -0.343 e. The van der Waals surface area contributed by atoms with Gasteiger partial charge in [-0.05, 0) is 57.4 Å². The number of carbonyl (C=O) groups excluding carboxylic acids is 3. The zero-order chi connectivity index (χ0) is 21.1. The zero-order valence-electron chi connectivity index (χ0n) is 17.5. The smallest absolute Gasteiger partial charge is 0.228 e. The molecular weight excluding hydrogens is 434 g/mol. The Morgan fingerprint density at radius 3 is 2.38 bits per heavy atom. The first kappa shape index (κ1) is 21.8. The number of likely N-dealkylation sites (tertiary alicyclic amines) is 1. The number of anilines is 1. The minimum atomic E-state index is -0.304. The molecule has 0 aromatic heterocycles. The fourth-order valence-electron chi connectivity index (χ4n) is 4.32. The zero-order valence-corrected chi connectivity index (χ0v) is 19.1. The van der Waals surface area contributed by atoms with Crippen LogP contribution in [0.4, 0.5) is 5.69 Å². The average Bonchev–Trinajstić information content (AvgIpc) is 3.12. The lowest BCUT2D eigenvalue weighted by Gasteiger charge is -2.34. The summed E-state index contributed by atoms with van der Waals surface area (Å²) in [6.07, 6.45) is 1.67. The number of benzene rings is 1. The van der Waals surface area contributed by atoms with Crippen molar-refractivity contribution in [3.8, 4) is 0 Å². The number of nitrogens with zero attached hydrogens (tertiary/aromatic N) is 3. The molecule has 1 aromatic carbocycles. The normalized spacial score (nSPS) is 20.3. The lowest BCUT2D eigenvalue weighted by Crippen LogP contribution is -2.46. The van der Waals surface area contributed by atoms with Gasteiger partial charge < -0.3 is 14.7 Å². The van der Waals surface area contributed by atoms with Crippen LogP contribution in [0.3, 0.4) is 0 Å². The second-order valence-corrected chi connectivity index (χ2v) is 8.80. The Balaban J connectivity index is 1.58. The first-order chi connectivity index (χ1) is 13.8. The van der Waals surface area contributed by atoms with Crippen molar-refractivity contribution in [2.24, 2.45) is 11.8 Å². The van der Waals surface area contributed by atoms with Crippen molar-refractivity contribution in [1.82, 2.24) is 9.80 Å². The highest BCUT2D eigenvalue weighted by Gasteiger charge is 2.39. The van der Waals surface area contributed by atoms with E-state index < -0.39 is 0 Å². The van der Waals surface area contributed by atoms with Crippen molar-refractivity contribution in [1.29, 1.82) is 0 Å². The van der Waals surface area contributed by atoms with Crippen molar-refractivity contribution in [3.63, 3.8) is 0 Å². The van der Waals surface area contributed by atoms with Crippen LogP contribution < -0.4 is 4.90 Å². The average molecular weight is 464 g/mol. The van der Waals surface area contributed by atoms with Gasteiger partial charge in [-0.3, -0.25) is 14.4 Å². The predicted octanol–water partition coefficient (Wildman–Crippen LogP) is 3.22. The summed E-state index contributed by atoms with van der Waals surface area (Å²) in [6.45, 7) is 9.05. The summed E-state index contributed by atoms with van der Waals surface area (Å²) in [5, 5.41) is 0. The third-order valence-electron chi connectivity index (χ3n) is 6.16. The monoisotopic (exact) mass is 463 g/mol. The predicted molar refractivity (Wildman–Crippen MR) is 117 cm³/mol. The molecule has 2 saturated heterocycles. The van der Waals surface area contributed by atoms with Crippen LogP contribution in [-0.2, 0) is 14.4 Å². The van der Waals surface area contributed by atoms with Gasteiger partial charge in [-0.25, -0.2) is 0 Å². The first-order valence-electron chi connectivity index (χ1n) is 10.5. The van der Waals surface area contributed by atoms with E-state index in [0.29, 0.717) is 32.5 Å². The van der Waals surface area contributed by atoms with Crippen LogP contribution in [0.1, 0.15) is 38.7 Å². The molecule has 2 aliphatic rings. The van der Waals surface area contributed by atoms with Gasteiger partial charge in [0.2, 0.25) is 17.7 Å². The number of hydrogen-bond acceptors (Lipinski definition) is 3. The van der Waals surface area contributed by atoms with Gasteiger partial charge in [0, 0.05) is 55.2 Å². The highest BCUT2D eigenvalue weighted by Crippen LogP contribution is 2.30. The molecule has 29 heavy (non-hydrogen) atoms. The van der Waals surface area contributed by atoms with Crippen LogP contribution >= 0.6 is 15.9 Å². The molecule has 1 unspecified atom stereocenters. The van der Waals surface area contributed by atoms with E-state index in [4.69, 9.17) is 0 Å². The number of aryl methyl sites for hydroxylation is 1. The summed E-state index contributed by atoms with van der Waals surface area (Å²) >= 11 is 3.48. The van der Waals surface area contributed by atoms with E-state index in [2.05, 4.69) is 15.9 Å². The third-order valence-corrected chi connectivity index (χ3v) is 7.05. The van der Waals surface area contributed by atoms with Gasteiger partial charge in [0.05, 0.1) is 5.92 Å². The Labute approximate surface area is 181 Å². The fraction of sp³-hybridized carbons (Fsp3) is 0.591. The molecule has 0 bridgehead atoms. The lowest BCUT2D eigenvalue weighted by molar-refractivity contribution is -0.142. The molecule has 3 amide bonds. The summed E-state index contributed by atoms with van der Waals surface area (Å²) in [4.78, 5) is 43.5. The molecule has 0 spiro atoms. The Bertz CT molecular complexity index is 786. The molecule has 0 radical (unpaired) electrons. The molecule has 0 N–H and O–H groups in total. The summed E-state index contributed by atoms with van der Waals surface area (Å²) in [7, 11) is 0. The van der Waals surface area contributed by atoms with Crippen LogP contribution in [0.2, 0.25) is 0 Å². The van der Waals surface area contributed by atoms with Crippen LogP contribution in [0.5, 0.6) is 0 Å². The Hall–Kier alpha value is -1.89. The number of hydrogen-bond donors (Lipinski definition) is 0. The molecule has 0 aliphatic carbocycles. The molecular formula is C22H30BrN3O3. The second-order valence-electron chi connectivity index (χ2n) is 7.95. The molecule has 6 nitrogen and oxygen atoms in total. The van der Waals surface area contributed by atoms with Gasteiger partial charge in [-0.1, -0.05) is 15.9 Å². The van der Waals surface area contributed by atoms with E-state index in [0.717, 1.165) is 28.8 Å². The topological polar surface area (TPSA) is 60.9 Å². The molecule has 2 fully saturated rings. The summed E-state index contributed by atoms with van der Waals surface area (Å²) in [5.41, 5.74) is 1.90. The van der Waals surface area contributed by atoms with Gasteiger partial charge in [-0.15, -0.1) is 0 Å². The third kappa shape index (κ3) is 4.65. The molecule has 2 aliphatic heterocycles. The maximum absolute atomic E-state index is 13.0. The standard InChI is InChI=1S/C22H30BrN3O3/c1-4-24(5-2)21(28)16-8-10-25(11-9-16)22(29)17-13-20(27)26(14-17)18-6-7-19(23)15(3)12-18/h6-7,12,16-17H,4-5,8-11,13-14H2,1-3H3. The summed E-state index contributed by atoms with van der Waals surface area (Å²) < 4.78 is 1.00. The largest absolute Gasteiger partial charge is 0.343 e. The van der Waals surface area contributed by atoms with Crippen LogP contribution in [0.15, 0.2) is 22.7 Å². The van der Waals surface area contributed by atoms with Crippen LogP contribution in [0.25, 0.3) is 0 Å². The maximum Gasteiger partial charge on any atom is 0.228 e. The minimum absolute atomic E-state index is 0.00308. The maximum atomic E-state index is 13.0. The fourth-order valence-corrected chi connectivity index (χ4v) is 4.56. The van der Waals surface area contributed by atoms with Gasteiger partial charge in [0.25, 0.3) is 0 Å². The molecule has 1 aromatic rings. The van der Waals surface area contributed by atoms with E-state index in [1.54, 1.807) is 4.90 Å². The van der Waals surface area contributed by atoms with E-state index in [-0.39, 0.29) is 36.0 Å². The van der Waals surface area contributed by atoms with E-state index in [1.807, 2.05) is 48.8 Å². The molecule has 158 valence electrons. The van der Waals surface area contributed by atoms with Crippen molar-refractivity contribution < 1.29 is 14.4 Å². The second kappa shape index (κ2) is 9.28. The number of rotatable bonds is 5. The van der Waals surface area contributed by atoms with Gasteiger partial charge in [-0.2, -0.15) is 0 Å². The molecule has 1 atom stereocenters. The van der Waals surface area contributed by atoms with Crippen LogP contribution in [0, 0.1) is 18.8 Å². The highest BCUT2D eigenvalue weighted by molar-refractivity contribution is 9.10. The van der Waals surface area contributed by atoms with Gasteiger partial charge in [0.15, 0.2) is 0 Å². The molecule has 3 rings (SSSR count). The Morgan fingerprint density at radius 2 is 1.79 bits per heavy atom. The highest BCUT2D eigenvalue weighted by atomic mass is 79.9.